The third-order valence-electron chi connectivity index (χ3n) is 7.68. The Morgan fingerprint density at radius 3 is 2.79 bits per heavy atom. The number of benzene rings is 2. The highest BCUT2D eigenvalue weighted by atomic mass is 32.2. The molecular formula is C28H33N5O4S. The number of imidazole rings is 1. The maximum Gasteiger partial charge on any atom is 0.243 e. The van der Waals surface area contributed by atoms with E-state index in [4.69, 9.17) is 4.74 Å². The number of aliphatic hydroxyl groups is 1. The number of nitrogens with one attached hydrogen (secondary N) is 1. The lowest BCUT2D eigenvalue weighted by atomic mass is 10.1. The lowest BCUT2D eigenvalue weighted by Gasteiger charge is -2.26. The van der Waals surface area contributed by atoms with Gasteiger partial charge in [0.2, 0.25) is 10.0 Å². The Hall–Kier alpha value is -3.18. The van der Waals surface area contributed by atoms with Crippen molar-refractivity contribution in [1.29, 1.82) is 0 Å². The van der Waals surface area contributed by atoms with Gasteiger partial charge in [0, 0.05) is 73.5 Å². The van der Waals surface area contributed by atoms with Gasteiger partial charge in [-0.3, -0.25) is 0 Å². The van der Waals surface area contributed by atoms with Crippen molar-refractivity contribution >= 4 is 26.6 Å². The minimum atomic E-state index is -3.80. The van der Waals surface area contributed by atoms with E-state index in [2.05, 4.69) is 20.9 Å². The van der Waals surface area contributed by atoms with Crippen molar-refractivity contribution in [3.63, 3.8) is 0 Å². The van der Waals surface area contributed by atoms with E-state index in [0.717, 1.165) is 53.1 Å². The van der Waals surface area contributed by atoms with Crippen LogP contribution in [0.5, 0.6) is 0 Å². The van der Waals surface area contributed by atoms with Crippen LogP contribution in [0.1, 0.15) is 31.1 Å². The molecule has 10 heteroatoms. The number of hydrogen-bond donors (Lipinski definition) is 2. The molecule has 38 heavy (non-hydrogen) atoms. The SMILES string of the molecule is COCCn1ccnc1[C@@H]1CCCN1S(=O)(=O)c1ccc(N2CC[C@H](O)C2)c(-c2cc3ccccc3[nH]2)c1. The summed E-state index contributed by atoms with van der Waals surface area (Å²) in [5.74, 6) is 0.752. The minimum absolute atomic E-state index is 0.261. The van der Waals surface area contributed by atoms with Gasteiger partial charge in [-0.05, 0) is 49.6 Å². The van der Waals surface area contributed by atoms with E-state index in [1.165, 1.54) is 0 Å². The van der Waals surface area contributed by atoms with Crippen LogP contribution in [-0.2, 0) is 21.3 Å². The van der Waals surface area contributed by atoms with Crippen molar-refractivity contribution in [2.45, 2.75) is 42.8 Å². The van der Waals surface area contributed by atoms with E-state index >= 15 is 0 Å². The van der Waals surface area contributed by atoms with Gasteiger partial charge in [0.1, 0.15) is 5.82 Å². The van der Waals surface area contributed by atoms with E-state index in [0.29, 0.717) is 32.7 Å². The van der Waals surface area contributed by atoms with Crippen molar-refractivity contribution in [2.75, 3.05) is 38.3 Å². The molecule has 0 radical (unpaired) electrons. The highest BCUT2D eigenvalue weighted by Crippen LogP contribution is 2.40. The maximum atomic E-state index is 14.1. The molecule has 200 valence electrons. The first-order chi connectivity index (χ1) is 18.5. The van der Waals surface area contributed by atoms with Gasteiger partial charge in [-0.25, -0.2) is 13.4 Å². The largest absolute Gasteiger partial charge is 0.391 e. The number of ether oxygens (including phenoxy) is 1. The van der Waals surface area contributed by atoms with Crippen LogP contribution < -0.4 is 4.90 Å². The van der Waals surface area contributed by atoms with E-state index in [1.807, 2.05) is 41.1 Å². The summed E-state index contributed by atoms with van der Waals surface area (Å²) in [6.07, 6.45) is 5.41. The van der Waals surface area contributed by atoms with Gasteiger partial charge in [0.15, 0.2) is 0 Å². The summed E-state index contributed by atoms with van der Waals surface area (Å²) < 4.78 is 37.0. The number of aromatic amines is 1. The number of H-pyrrole nitrogens is 1. The number of aromatic nitrogens is 3. The molecule has 0 amide bonds. The number of para-hydroxylation sites is 1. The van der Waals surface area contributed by atoms with Crippen LogP contribution in [0, 0.1) is 0 Å². The smallest absolute Gasteiger partial charge is 0.243 e. The summed E-state index contributed by atoms with van der Waals surface area (Å²) in [7, 11) is -2.14. The molecule has 4 aromatic rings. The van der Waals surface area contributed by atoms with Crippen molar-refractivity contribution in [2.24, 2.45) is 0 Å². The third-order valence-corrected chi connectivity index (χ3v) is 9.59. The predicted molar refractivity (Wildman–Crippen MR) is 147 cm³/mol. The lowest BCUT2D eigenvalue weighted by molar-refractivity contribution is 0.185. The normalized spacial score (nSPS) is 20.6. The first kappa shape index (κ1) is 25.1. The van der Waals surface area contributed by atoms with Gasteiger partial charge in [-0.1, -0.05) is 18.2 Å². The standard InChI is InChI=1S/C28H33N5O4S/c1-37-16-15-31-14-11-29-28(31)27-7-4-12-33(27)38(35,36)22-8-9-26(32-13-10-21(34)19-32)23(18-22)25-17-20-5-2-3-6-24(20)30-25/h2-3,5-6,8-9,11,14,17-18,21,27,30,34H,4,7,10,12-13,15-16,19H2,1H3/t21-,27-/m0/s1. The van der Waals surface area contributed by atoms with Crippen molar-refractivity contribution in [1.82, 2.24) is 18.8 Å². The number of aliphatic hydroxyl groups excluding tert-OH is 1. The number of rotatable bonds is 8. The summed E-state index contributed by atoms with van der Waals surface area (Å²) in [6.45, 7) is 2.85. The lowest BCUT2D eigenvalue weighted by Crippen LogP contribution is -2.32. The predicted octanol–water partition coefficient (Wildman–Crippen LogP) is 3.77. The Labute approximate surface area is 222 Å². The number of fused-ring (bicyclic) bond motifs is 1. The van der Waals surface area contributed by atoms with Gasteiger partial charge in [0.25, 0.3) is 0 Å². The topological polar surface area (TPSA) is 104 Å². The molecule has 9 nitrogen and oxygen atoms in total. The number of nitrogens with zero attached hydrogens (tertiary/aromatic N) is 4. The van der Waals surface area contributed by atoms with Crippen LogP contribution in [0.4, 0.5) is 5.69 Å². The Kier molecular flexibility index (Phi) is 6.73. The first-order valence-electron chi connectivity index (χ1n) is 13.1. The number of sulfonamides is 1. The van der Waals surface area contributed by atoms with E-state index < -0.39 is 10.0 Å². The van der Waals surface area contributed by atoms with Crippen LogP contribution >= 0.6 is 0 Å². The molecule has 2 aliphatic rings. The Bertz CT molecular complexity index is 1510. The second-order valence-corrected chi connectivity index (χ2v) is 12.0. The summed E-state index contributed by atoms with van der Waals surface area (Å²) in [5, 5.41) is 11.3. The van der Waals surface area contributed by atoms with Gasteiger partial charge in [0.05, 0.1) is 23.6 Å². The molecule has 0 saturated carbocycles. The molecule has 6 rings (SSSR count). The highest BCUT2D eigenvalue weighted by Gasteiger charge is 2.39. The molecule has 0 aliphatic carbocycles. The maximum absolute atomic E-state index is 14.1. The van der Waals surface area contributed by atoms with Crippen LogP contribution in [0.15, 0.2) is 65.8 Å². The quantitative estimate of drug-likeness (QED) is 0.356. The number of methoxy groups -OCH3 is 1. The fraction of sp³-hybridized carbons (Fsp3) is 0.393. The zero-order chi connectivity index (χ0) is 26.3. The average molecular weight is 536 g/mol. The van der Waals surface area contributed by atoms with E-state index in [-0.39, 0.29) is 17.0 Å². The molecule has 2 aromatic carbocycles. The van der Waals surface area contributed by atoms with Gasteiger partial charge >= 0.3 is 0 Å². The van der Waals surface area contributed by atoms with Gasteiger partial charge in [-0.2, -0.15) is 4.31 Å². The van der Waals surface area contributed by atoms with E-state index in [1.54, 1.807) is 29.7 Å². The van der Waals surface area contributed by atoms with E-state index in [9.17, 15) is 13.5 Å². The average Bonchev–Trinajstić information content (AvgIpc) is 3.72. The molecule has 2 fully saturated rings. The van der Waals surface area contributed by atoms with Crippen LogP contribution in [0.2, 0.25) is 0 Å². The zero-order valence-electron chi connectivity index (χ0n) is 21.5. The Morgan fingerprint density at radius 2 is 2.00 bits per heavy atom. The molecule has 2 aliphatic heterocycles. The zero-order valence-corrected chi connectivity index (χ0v) is 22.3. The van der Waals surface area contributed by atoms with Crippen molar-refractivity contribution < 1.29 is 18.3 Å². The molecule has 0 bridgehead atoms. The fourth-order valence-electron chi connectivity index (χ4n) is 5.76. The van der Waals surface area contributed by atoms with Crippen molar-refractivity contribution in [3.05, 3.63) is 66.7 Å². The van der Waals surface area contributed by atoms with Gasteiger partial charge < -0.3 is 24.3 Å². The summed E-state index contributed by atoms with van der Waals surface area (Å²) in [6, 6.07) is 15.1. The second-order valence-electron chi connectivity index (χ2n) is 10.1. The molecule has 2 aromatic heterocycles. The molecule has 2 saturated heterocycles. The molecule has 0 spiro atoms. The Morgan fingerprint density at radius 1 is 1.13 bits per heavy atom. The highest BCUT2D eigenvalue weighted by molar-refractivity contribution is 7.89. The number of hydrogen-bond acceptors (Lipinski definition) is 6. The monoisotopic (exact) mass is 535 g/mol. The molecule has 4 heterocycles. The summed E-state index contributed by atoms with van der Waals surface area (Å²) >= 11 is 0. The molecule has 0 unspecified atom stereocenters. The molecule has 2 atom stereocenters. The molecular weight excluding hydrogens is 502 g/mol. The number of anilines is 1. The first-order valence-corrected chi connectivity index (χ1v) is 14.6. The summed E-state index contributed by atoms with van der Waals surface area (Å²) in [5.41, 5.74) is 3.58. The second kappa shape index (κ2) is 10.2. The minimum Gasteiger partial charge on any atom is -0.391 e. The third kappa shape index (κ3) is 4.51. The van der Waals surface area contributed by atoms with Crippen LogP contribution in [0.25, 0.3) is 22.2 Å². The van der Waals surface area contributed by atoms with Gasteiger partial charge in [-0.15, -0.1) is 0 Å². The van der Waals surface area contributed by atoms with Crippen LogP contribution in [0.3, 0.4) is 0 Å². The fourth-order valence-corrected chi connectivity index (χ4v) is 7.45. The summed E-state index contributed by atoms with van der Waals surface area (Å²) in [4.78, 5) is 10.4. The molecule has 2 N–H and O–H groups in total. The Balaban J connectivity index is 1.40. The van der Waals surface area contributed by atoms with Crippen molar-refractivity contribution in [3.8, 4) is 11.3 Å². The number of β-amino-alcohol motifs (C(OH)–C–C–N with tert-alkyl or cyclic N) is 1. The van der Waals surface area contributed by atoms with Crippen LogP contribution in [-0.4, -0.2) is 71.8 Å².